The predicted octanol–water partition coefficient (Wildman–Crippen LogP) is 4.11. The van der Waals surface area contributed by atoms with E-state index in [1.165, 1.54) is 18.3 Å². The molecule has 2 aromatic rings. The van der Waals surface area contributed by atoms with Gasteiger partial charge in [0.2, 0.25) is 0 Å². The SMILES string of the molecule is CC(Nc1ccc(F)cc1)c1nn(CC(F)F)cc1Cl. The zero-order valence-corrected chi connectivity index (χ0v) is 11.4. The van der Waals surface area contributed by atoms with Crippen molar-refractivity contribution in [3.63, 3.8) is 0 Å². The smallest absolute Gasteiger partial charge is 0.257 e. The van der Waals surface area contributed by atoms with Crippen LogP contribution in [-0.4, -0.2) is 16.2 Å². The molecule has 1 aromatic heterocycles. The highest BCUT2D eigenvalue weighted by Gasteiger charge is 2.16. The van der Waals surface area contributed by atoms with Gasteiger partial charge in [0.1, 0.15) is 18.1 Å². The lowest BCUT2D eigenvalue weighted by Gasteiger charge is -2.13. The molecule has 0 aliphatic rings. The van der Waals surface area contributed by atoms with E-state index in [0.717, 1.165) is 4.68 Å². The standard InChI is InChI=1S/C13H13ClF3N3/c1-8(18-10-4-2-9(15)3-5-10)13-11(14)6-20(19-13)7-12(16)17/h2-6,8,12,18H,7H2,1H3. The fourth-order valence-electron chi connectivity index (χ4n) is 1.80. The summed E-state index contributed by atoms with van der Waals surface area (Å²) in [6.45, 7) is 1.30. The van der Waals surface area contributed by atoms with Gasteiger partial charge in [-0.15, -0.1) is 0 Å². The van der Waals surface area contributed by atoms with Crippen molar-refractivity contribution in [2.45, 2.75) is 25.9 Å². The minimum atomic E-state index is -2.49. The van der Waals surface area contributed by atoms with E-state index in [-0.39, 0.29) is 11.9 Å². The Labute approximate surface area is 119 Å². The van der Waals surface area contributed by atoms with Gasteiger partial charge in [-0.05, 0) is 31.2 Å². The Hall–Kier alpha value is -1.69. The van der Waals surface area contributed by atoms with Crippen molar-refractivity contribution in [2.75, 3.05) is 5.32 Å². The van der Waals surface area contributed by atoms with E-state index in [2.05, 4.69) is 10.4 Å². The third-order valence-corrected chi connectivity index (χ3v) is 3.00. The van der Waals surface area contributed by atoms with Gasteiger partial charge in [0.25, 0.3) is 6.43 Å². The maximum Gasteiger partial charge on any atom is 0.257 e. The second-order valence-electron chi connectivity index (χ2n) is 4.35. The Morgan fingerprint density at radius 3 is 2.55 bits per heavy atom. The molecule has 0 spiro atoms. The first-order valence-corrected chi connectivity index (χ1v) is 6.36. The van der Waals surface area contributed by atoms with Crippen molar-refractivity contribution in [3.8, 4) is 0 Å². The highest BCUT2D eigenvalue weighted by Crippen LogP contribution is 2.25. The molecular weight excluding hydrogens is 291 g/mol. The van der Waals surface area contributed by atoms with E-state index in [1.807, 2.05) is 0 Å². The largest absolute Gasteiger partial charge is 0.377 e. The first-order chi connectivity index (χ1) is 9.45. The van der Waals surface area contributed by atoms with Gasteiger partial charge in [0, 0.05) is 11.9 Å². The van der Waals surface area contributed by atoms with Gasteiger partial charge < -0.3 is 5.32 Å². The normalized spacial score (nSPS) is 12.7. The maximum atomic E-state index is 12.8. The molecule has 1 atom stereocenters. The predicted molar refractivity (Wildman–Crippen MR) is 71.7 cm³/mol. The van der Waals surface area contributed by atoms with Crippen LogP contribution in [0.1, 0.15) is 18.7 Å². The van der Waals surface area contributed by atoms with Gasteiger partial charge in [0.15, 0.2) is 0 Å². The third kappa shape index (κ3) is 3.66. The van der Waals surface area contributed by atoms with Crippen LogP contribution in [0.15, 0.2) is 30.5 Å². The Morgan fingerprint density at radius 1 is 1.30 bits per heavy atom. The van der Waals surface area contributed by atoms with E-state index >= 15 is 0 Å². The second-order valence-corrected chi connectivity index (χ2v) is 4.76. The Kier molecular flexibility index (Phi) is 4.54. The molecule has 7 heteroatoms. The van der Waals surface area contributed by atoms with Crippen LogP contribution >= 0.6 is 11.6 Å². The van der Waals surface area contributed by atoms with Crippen LogP contribution in [0.25, 0.3) is 0 Å². The van der Waals surface area contributed by atoms with Gasteiger partial charge in [-0.2, -0.15) is 5.10 Å². The van der Waals surface area contributed by atoms with E-state index in [1.54, 1.807) is 19.1 Å². The number of halogens is 4. The van der Waals surface area contributed by atoms with Crippen molar-refractivity contribution in [3.05, 3.63) is 47.0 Å². The molecule has 0 radical (unpaired) electrons. The van der Waals surface area contributed by atoms with Crippen LogP contribution < -0.4 is 5.32 Å². The summed E-state index contributed by atoms with van der Waals surface area (Å²) < 4.78 is 38.5. The minimum Gasteiger partial charge on any atom is -0.377 e. The molecule has 1 aromatic carbocycles. The molecule has 20 heavy (non-hydrogen) atoms. The van der Waals surface area contributed by atoms with Gasteiger partial charge in [-0.3, -0.25) is 4.68 Å². The zero-order valence-electron chi connectivity index (χ0n) is 10.7. The van der Waals surface area contributed by atoms with Gasteiger partial charge in [-0.25, -0.2) is 13.2 Å². The van der Waals surface area contributed by atoms with E-state index in [4.69, 9.17) is 11.6 Å². The quantitative estimate of drug-likeness (QED) is 0.900. The Balaban J connectivity index is 2.10. The molecule has 3 nitrogen and oxygen atoms in total. The number of nitrogens with zero attached hydrogens (tertiary/aromatic N) is 2. The van der Waals surface area contributed by atoms with E-state index < -0.39 is 13.0 Å². The molecule has 0 amide bonds. The Morgan fingerprint density at radius 2 is 1.95 bits per heavy atom. The van der Waals surface area contributed by atoms with E-state index in [0.29, 0.717) is 16.4 Å². The number of nitrogens with one attached hydrogen (secondary N) is 1. The van der Waals surface area contributed by atoms with Crippen molar-refractivity contribution < 1.29 is 13.2 Å². The number of benzene rings is 1. The molecular formula is C13H13ClF3N3. The topological polar surface area (TPSA) is 29.9 Å². The lowest BCUT2D eigenvalue weighted by atomic mass is 10.2. The summed E-state index contributed by atoms with van der Waals surface area (Å²) in [7, 11) is 0. The number of hydrogen-bond acceptors (Lipinski definition) is 2. The summed E-state index contributed by atoms with van der Waals surface area (Å²) in [5.74, 6) is -0.331. The molecule has 108 valence electrons. The van der Waals surface area contributed by atoms with Crippen molar-refractivity contribution >= 4 is 17.3 Å². The third-order valence-electron chi connectivity index (χ3n) is 2.71. The summed E-state index contributed by atoms with van der Waals surface area (Å²) in [5.41, 5.74) is 1.16. The molecule has 1 N–H and O–H groups in total. The lowest BCUT2D eigenvalue weighted by molar-refractivity contribution is 0.121. The van der Waals surface area contributed by atoms with Crippen molar-refractivity contribution in [2.24, 2.45) is 0 Å². The minimum absolute atomic E-state index is 0.285. The molecule has 1 unspecified atom stereocenters. The molecule has 0 aliphatic carbocycles. The molecule has 0 saturated heterocycles. The van der Waals surface area contributed by atoms with Crippen LogP contribution in [0.3, 0.4) is 0 Å². The summed E-state index contributed by atoms with van der Waals surface area (Å²) in [5, 5.41) is 7.42. The number of aromatic nitrogens is 2. The fraction of sp³-hybridized carbons (Fsp3) is 0.308. The summed E-state index contributed by atoms with van der Waals surface area (Å²) >= 11 is 5.99. The average molecular weight is 304 g/mol. The van der Waals surface area contributed by atoms with Crippen LogP contribution in [-0.2, 0) is 6.54 Å². The number of anilines is 1. The van der Waals surface area contributed by atoms with Crippen molar-refractivity contribution in [1.82, 2.24) is 9.78 Å². The highest BCUT2D eigenvalue weighted by atomic mass is 35.5. The fourth-order valence-corrected chi connectivity index (χ4v) is 2.12. The number of rotatable bonds is 5. The first-order valence-electron chi connectivity index (χ1n) is 5.99. The monoisotopic (exact) mass is 303 g/mol. The maximum absolute atomic E-state index is 12.8. The molecule has 0 bridgehead atoms. The molecule has 1 heterocycles. The van der Waals surface area contributed by atoms with Crippen molar-refractivity contribution in [1.29, 1.82) is 0 Å². The van der Waals surface area contributed by atoms with E-state index in [9.17, 15) is 13.2 Å². The Bertz CT molecular complexity index is 569. The lowest BCUT2D eigenvalue weighted by Crippen LogP contribution is -2.11. The summed E-state index contributed by atoms with van der Waals surface area (Å²) in [6.07, 6.45) is -1.12. The van der Waals surface area contributed by atoms with Crippen LogP contribution in [0.2, 0.25) is 5.02 Å². The molecule has 2 rings (SSSR count). The second kappa shape index (κ2) is 6.17. The molecule has 0 saturated carbocycles. The first kappa shape index (κ1) is 14.7. The number of hydrogen-bond donors (Lipinski definition) is 1. The van der Waals surface area contributed by atoms with Gasteiger partial charge in [-0.1, -0.05) is 11.6 Å². The summed E-state index contributed by atoms with van der Waals surface area (Å²) in [6, 6.07) is 5.52. The molecule has 0 aliphatic heterocycles. The van der Waals surface area contributed by atoms with Crippen LogP contribution in [0, 0.1) is 5.82 Å². The van der Waals surface area contributed by atoms with Gasteiger partial charge >= 0.3 is 0 Å². The molecule has 0 fully saturated rings. The summed E-state index contributed by atoms with van der Waals surface area (Å²) in [4.78, 5) is 0. The average Bonchev–Trinajstić information content (AvgIpc) is 2.72. The van der Waals surface area contributed by atoms with Crippen LogP contribution in [0.5, 0.6) is 0 Å². The zero-order chi connectivity index (χ0) is 14.7. The van der Waals surface area contributed by atoms with Crippen LogP contribution in [0.4, 0.5) is 18.9 Å². The van der Waals surface area contributed by atoms with Gasteiger partial charge in [0.05, 0.1) is 11.1 Å². The highest BCUT2D eigenvalue weighted by molar-refractivity contribution is 6.31. The number of alkyl halides is 2.